The van der Waals surface area contributed by atoms with Gasteiger partial charge in [0.05, 0.1) is 30.7 Å². The predicted octanol–water partition coefficient (Wildman–Crippen LogP) is 2.52. The second kappa shape index (κ2) is 12.2. The summed E-state index contributed by atoms with van der Waals surface area (Å²) in [5, 5.41) is 15.6. The molecular formula is C26H29ClN4O7. The minimum atomic E-state index is -1.23. The van der Waals surface area contributed by atoms with Crippen molar-refractivity contribution in [3.63, 3.8) is 0 Å². The number of nitrogens with one attached hydrogen (secondary N) is 2. The molecule has 1 saturated heterocycles. The van der Waals surface area contributed by atoms with Gasteiger partial charge in [0.15, 0.2) is 0 Å². The fraction of sp³-hybridized carbons (Fsp3) is 0.423. The minimum absolute atomic E-state index is 0.0157. The number of methoxy groups -OCH3 is 1. The average molecular weight is 545 g/mol. The van der Waals surface area contributed by atoms with Crippen LogP contribution in [-0.2, 0) is 20.7 Å². The standard InChI is InChI=1S/C26H29ClN4O7/c1-37-21-11-15(26(35)36)10-20(19(21)12-23(32)30-22-7-2-16(27)13-28-22)25(34)29-17-3-5-18(6-4-17)31-8-9-38-14-24(31)33/h2,7,10-11,13,17-18H,3-6,8-9,12,14H2,1H3,(H,29,34)(H,35,36)(H,28,30,32). The van der Waals surface area contributed by atoms with Crippen molar-refractivity contribution in [2.24, 2.45) is 0 Å². The van der Waals surface area contributed by atoms with Crippen molar-refractivity contribution in [2.75, 3.05) is 32.2 Å². The van der Waals surface area contributed by atoms with Crippen LogP contribution in [0, 0.1) is 0 Å². The Kier molecular flexibility index (Phi) is 8.80. The zero-order chi connectivity index (χ0) is 27.2. The highest BCUT2D eigenvalue weighted by Gasteiger charge is 2.32. The topological polar surface area (TPSA) is 147 Å². The number of hydrogen-bond acceptors (Lipinski definition) is 7. The van der Waals surface area contributed by atoms with Crippen LogP contribution in [0.15, 0.2) is 30.5 Å². The number of hydrogen-bond donors (Lipinski definition) is 3. The Morgan fingerprint density at radius 3 is 2.61 bits per heavy atom. The Morgan fingerprint density at radius 2 is 1.97 bits per heavy atom. The lowest BCUT2D eigenvalue weighted by molar-refractivity contribution is -0.146. The van der Waals surface area contributed by atoms with Crippen LogP contribution in [0.25, 0.3) is 0 Å². The number of carboxylic acids is 1. The second-order valence-electron chi connectivity index (χ2n) is 9.22. The van der Waals surface area contributed by atoms with Crippen molar-refractivity contribution in [3.05, 3.63) is 52.2 Å². The van der Waals surface area contributed by atoms with Gasteiger partial charge in [0, 0.05) is 36.0 Å². The van der Waals surface area contributed by atoms with E-state index in [-0.39, 0.29) is 59.3 Å². The predicted molar refractivity (Wildman–Crippen MR) is 138 cm³/mol. The van der Waals surface area contributed by atoms with E-state index in [0.717, 1.165) is 12.8 Å². The molecule has 0 unspecified atom stereocenters. The van der Waals surface area contributed by atoms with E-state index in [4.69, 9.17) is 21.1 Å². The van der Waals surface area contributed by atoms with Gasteiger partial charge in [-0.25, -0.2) is 9.78 Å². The van der Waals surface area contributed by atoms with Gasteiger partial charge in [0.1, 0.15) is 18.2 Å². The third-order valence-corrected chi connectivity index (χ3v) is 6.97. The molecule has 0 atom stereocenters. The van der Waals surface area contributed by atoms with Crippen LogP contribution in [0.3, 0.4) is 0 Å². The number of aromatic carboxylic acids is 1. The maximum absolute atomic E-state index is 13.4. The van der Waals surface area contributed by atoms with Gasteiger partial charge < -0.3 is 30.1 Å². The molecule has 2 aliphatic rings. The summed E-state index contributed by atoms with van der Waals surface area (Å²) in [5.74, 6) is -1.81. The number of nitrogens with zero attached hydrogens (tertiary/aromatic N) is 2. The number of carbonyl (C=O) groups is 4. The molecule has 0 radical (unpaired) electrons. The Labute approximate surface area is 224 Å². The first kappa shape index (κ1) is 27.3. The number of ether oxygens (including phenoxy) is 2. The summed E-state index contributed by atoms with van der Waals surface area (Å²) in [6.45, 7) is 1.19. The molecule has 1 saturated carbocycles. The highest BCUT2D eigenvalue weighted by Crippen LogP contribution is 2.28. The highest BCUT2D eigenvalue weighted by molar-refractivity contribution is 6.30. The molecule has 3 amide bonds. The van der Waals surface area contributed by atoms with Crippen LogP contribution < -0.4 is 15.4 Å². The van der Waals surface area contributed by atoms with Crippen molar-refractivity contribution in [2.45, 2.75) is 44.2 Å². The van der Waals surface area contributed by atoms with Gasteiger partial charge in [0.2, 0.25) is 11.8 Å². The molecule has 0 spiro atoms. The number of morpholine rings is 1. The largest absolute Gasteiger partial charge is 0.496 e. The van der Waals surface area contributed by atoms with Gasteiger partial charge in [-0.3, -0.25) is 14.4 Å². The van der Waals surface area contributed by atoms with E-state index in [9.17, 15) is 24.3 Å². The summed E-state index contributed by atoms with van der Waals surface area (Å²) < 4.78 is 10.6. The third kappa shape index (κ3) is 6.59. The van der Waals surface area contributed by atoms with Crippen LogP contribution in [0.2, 0.25) is 5.02 Å². The molecular weight excluding hydrogens is 516 g/mol. The van der Waals surface area contributed by atoms with Gasteiger partial charge in [-0.05, 0) is 49.9 Å². The van der Waals surface area contributed by atoms with Crippen LogP contribution in [0.5, 0.6) is 5.75 Å². The van der Waals surface area contributed by atoms with E-state index in [1.807, 2.05) is 4.90 Å². The molecule has 1 aromatic heterocycles. The number of carboxylic acid groups (broad SMARTS) is 1. The van der Waals surface area contributed by atoms with Crippen molar-refractivity contribution >= 4 is 41.1 Å². The van der Waals surface area contributed by atoms with Gasteiger partial charge in [-0.1, -0.05) is 11.6 Å². The lowest BCUT2D eigenvalue weighted by Crippen LogP contribution is -2.50. The molecule has 2 aromatic rings. The first-order chi connectivity index (χ1) is 18.2. The summed E-state index contributed by atoms with van der Waals surface area (Å²) in [7, 11) is 1.35. The van der Waals surface area contributed by atoms with Crippen LogP contribution >= 0.6 is 11.6 Å². The molecule has 12 heteroatoms. The van der Waals surface area contributed by atoms with Crippen LogP contribution in [0.4, 0.5) is 5.82 Å². The second-order valence-corrected chi connectivity index (χ2v) is 9.65. The molecule has 3 N–H and O–H groups in total. The highest BCUT2D eigenvalue weighted by atomic mass is 35.5. The SMILES string of the molecule is COc1cc(C(=O)O)cc(C(=O)NC2CCC(N3CCOCC3=O)CC2)c1CC(=O)Nc1ccc(Cl)cn1. The Morgan fingerprint density at radius 1 is 1.21 bits per heavy atom. The van der Waals surface area contributed by atoms with Gasteiger partial charge in [-0.15, -0.1) is 0 Å². The molecule has 38 heavy (non-hydrogen) atoms. The van der Waals surface area contributed by atoms with Gasteiger partial charge >= 0.3 is 5.97 Å². The molecule has 0 bridgehead atoms. The maximum atomic E-state index is 13.4. The lowest BCUT2D eigenvalue weighted by atomic mass is 9.89. The van der Waals surface area contributed by atoms with E-state index in [2.05, 4.69) is 15.6 Å². The van der Waals surface area contributed by atoms with Crippen molar-refractivity contribution in [3.8, 4) is 5.75 Å². The molecule has 2 fully saturated rings. The van der Waals surface area contributed by atoms with E-state index in [1.54, 1.807) is 12.1 Å². The monoisotopic (exact) mass is 544 g/mol. The quantitative estimate of drug-likeness (QED) is 0.459. The Hall–Kier alpha value is -3.70. The first-order valence-electron chi connectivity index (χ1n) is 12.3. The number of pyridine rings is 1. The summed E-state index contributed by atoms with van der Waals surface area (Å²) in [6, 6.07) is 5.60. The third-order valence-electron chi connectivity index (χ3n) is 6.75. The summed E-state index contributed by atoms with van der Waals surface area (Å²) in [6.07, 6.45) is 3.94. The van der Waals surface area contributed by atoms with Crippen molar-refractivity contribution < 1.29 is 33.8 Å². The van der Waals surface area contributed by atoms with Crippen LogP contribution in [-0.4, -0.2) is 77.6 Å². The van der Waals surface area contributed by atoms with E-state index < -0.39 is 17.8 Å². The molecule has 1 aliphatic carbocycles. The smallest absolute Gasteiger partial charge is 0.335 e. The molecule has 1 aromatic carbocycles. The molecule has 1 aliphatic heterocycles. The molecule has 4 rings (SSSR count). The van der Waals surface area contributed by atoms with E-state index >= 15 is 0 Å². The molecule has 2 heterocycles. The van der Waals surface area contributed by atoms with Crippen molar-refractivity contribution in [1.29, 1.82) is 0 Å². The van der Waals surface area contributed by atoms with E-state index in [0.29, 0.717) is 31.0 Å². The summed E-state index contributed by atoms with van der Waals surface area (Å²) in [4.78, 5) is 56.0. The minimum Gasteiger partial charge on any atom is -0.496 e. The Balaban J connectivity index is 1.49. The average Bonchev–Trinajstić information content (AvgIpc) is 2.90. The number of rotatable bonds is 8. The number of halogens is 1. The van der Waals surface area contributed by atoms with Crippen LogP contribution in [0.1, 0.15) is 52.0 Å². The first-order valence-corrected chi connectivity index (χ1v) is 12.7. The van der Waals surface area contributed by atoms with Gasteiger partial charge in [-0.2, -0.15) is 0 Å². The number of amides is 3. The normalized spacial score (nSPS) is 19.5. The fourth-order valence-corrected chi connectivity index (χ4v) is 4.96. The summed E-state index contributed by atoms with van der Waals surface area (Å²) in [5.41, 5.74) is 0.172. The zero-order valence-electron chi connectivity index (χ0n) is 20.9. The fourth-order valence-electron chi connectivity index (χ4n) is 4.84. The van der Waals surface area contributed by atoms with Gasteiger partial charge in [0.25, 0.3) is 5.91 Å². The number of benzene rings is 1. The number of carbonyl (C=O) groups excluding carboxylic acids is 3. The zero-order valence-corrected chi connectivity index (χ0v) is 21.6. The maximum Gasteiger partial charge on any atom is 0.335 e. The van der Waals surface area contributed by atoms with E-state index in [1.165, 1.54) is 25.4 Å². The number of anilines is 1. The number of aromatic nitrogens is 1. The lowest BCUT2D eigenvalue weighted by Gasteiger charge is -2.39. The van der Waals surface area contributed by atoms with Crippen molar-refractivity contribution in [1.82, 2.24) is 15.2 Å². The summed E-state index contributed by atoms with van der Waals surface area (Å²) >= 11 is 5.84. The Bertz CT molecular complexity index is 1210. The molecule has 202 valence electrons. The molecule has 11 nitrogen and oxygen atoms in total.